The lowest BCUT2D eigenvalue weighted by Crippen LogP contribution is -2.29. The fourth-order valence-electron chi connectivity index (χ4n) is 3.90. The topological polar surface area (TPSA) is 58.6 Å². The van der Waals surface area contributed by atoms with Crippen molar-refractivity contribution in [2.24, 2.45) is 0 Å². The van der Waals surface area contributed by atoms with Gasteiger partial charge in [0.15, 0.2) is 0 Å². The van der Waals surface area contributed by atoms with Gasteiger partial charge in [-0.05, 0) is 54.7 Å². The molecule has 6 heteroatoms. The fourth-order valence-corrected chi connectivity index (χ4v) is 5.17. The van der Waals surface area contributed by atoms with Crippen molar-refractivity contribution in [1.82, 2.24) is 4.90 Å². The van der Waals surface area contributed by atoms with Crippen LogP contribution in [0.4, 0.5) is 5.00 Å². The molecule has 2 heterocycles. The Labute approximate surface area is 186 Å². The number of carbonyl (C=O) groups is 2. The zero-order valence-electron chi connectivity index (χ0n) is 18.0. The highest BCUT2D eigenvalue weighted by Gasteiger charge is 2.29. The molecule has 0 saturated heterocycles. The molecule has 0 saturated carbocycles. The first kappa shape index (κ1) is 21.3. The van der Waals surface area contributed by atoms with Gasteiger partial charge in [-0.15, -0.1) is 11.3 Å². The smallest absolute Gasteiger partial charge is 0.341 e. The molecule has 0 radical (unpaired) electrons. The molecule has 31 heavy (non-hydrogen) atoms. The molecule has 0 aliphatic carbocycles. The minimum atomic E-state index is -0.399. The van der Waals surface area contributed by atoms with Crippen LogP contribution in [-0.4, -0.2) is 30.4 Å². The Morgan fingerprint density at radius 3 is 2.58 bits per heavy atom. The van der Waals surface area contributed by atoms with E-state index >= 15 is 0 Å². The lowest BCUT2D eigenvalue weighted by molar-refractivity contribution is 0.0600. The number of nitrogens with one attached hydrogen (secondary N) is 1. The zero-order chi connectivity index (χ0) is 22.0. The van der Waals surface area contributed by atoms with E-state index in [2.05, 4.69) is 22.3 Å². The maximum Gasteiger partial charge on any atom is 0.341 e. The van der Waals surface area contributed by atoms with Crippen LogP contribution >= 0.6 is 11.3 Å². The normalized spacial score (nSPS) is 13.5. The van der Waals surface area contributed by atoms with Crippen LogP contribution in [0.1, 0.15) is 47.8 Å². The summed E-state index contributed by atoms with van der Waals surface area (Å²) in [6.45, 7) is 6.46. The minimum absolute atomic E-state index is 0.215. The summed E-state index contributed by atoms with van der Waals surface area (Å²) in [7, 11) is 1.38. The molecular weight excluding hydrogens is 408 g/mol. The highest BCUT2D eigenvalue weighted by atomic mass is 32.1. The van der Waals surface area contributed by atoms with E-state index in [1.54, 1.807) is 0 Å². The van der Waals surface area contributed by atoms with Gasteiger partial charge in [0.05, 0.1) is 12.7 Å². The molecule has 5 nitrogen and oxygen atoms in total. The van der Waals surface area contributed by atoms with Gasteiger partial charge in [0.2, 0.25) is 0 Å². The van der Waals surface area contributed by atoms with E-state index in [9.17, 15) is 9.59 Å². The molecule has 0 spiro atoms. The molecule has 1 amide bonds. The molecule has 1 aliphatic rings. The molecule has 160 valence electrons. The van der Waals surface area contributed by atoms with Crippen molar-refractivity contribution in [2.45, 2.75) is 33.4 Å². The second-order valence-electron chi connectivity index (χ2n) is 7.90. The van der Waals surface area contributed by atoms with Crippen LogP contribution in [-0.2, 0) is 24.2 Å². The van der Waals surface area contributed by atoms with Crippen LogP contribution in [0.3, 0.4) is 0 Å². The summed E-state index contributed by atoms with van der Waals surface area (Å²) in [6, 6.07) is 16.0. The van der Waals surface area contributed by atoms with E-state index in [4.69, 9.17) is 4.74 Å². The number of hydrogen-bond acceptors (Lipinski definition) is 5. The quantitative estimate of drug-likeness (QED) is 0.577. The van der Waals surface area contributed by atoms with Gasteiger partial charge in [0, 0.05) is 30.1 Å². The lowest BCUT2D eigenvalue weighted by atomic mass is 10.0. The molecule has 0 unspecified atom stereocenters. The Kier molecular flexibility index (Phi) is 6.20. The molecule has 2 aromatic carbocycles. The Morgan fingerprint density at radius 2 is 1.87 bits per heavy atom. The van der Waals surface area contributed by atoms with Gasteiger partial charge in [-0.1, -0.05) is 36.4 Å². The number of anilines is 1. The maximum atomic E-state index is 12.9. The Balaban J connectivity index is 1.59. The van der Waals surface area contributed by atoms with E-state index in [-0.39, 0.29) is 5.91 Å². The minimum Gasteiger partial charge on any atom is -0.465 e. The standard InChI is InChI=1S/C25H26N2O3S/c1-16-9-10-19(13-17(16)2)23(28)26-24-22(25(29)30-3)20-11-12-27(15-21(20)31-24)14-18-7-5-4-6-8-18/h4-10,13H,11-12,14-15H2,1-3H3,(H,26,28). The van der Waals surface area contributed by atoms with Crippen LogP contribution in [0.2, 0.25) is 0 Å². The fraction of sp³-hybridized carbons (Fsp3) is 0.280. The molecule has 0 fully saturated rings. The van der Waals surface area contributed by atoms with Gasteiger partial charge in [0.25, 0.3) is 5.91 Å². The number of esters is 1. The SMILES string of the molecule is COC(=O)c1c(NC(=O)c2ccc(C)c(C)c2)sc2c1CCN(Cc1ccccc1)C2. The van der Waals surface area contributed by atoms with Crippen LogP contribution in [0.5, 0.6) is 0 Å². The predicted octanol–water partition coefficient (Wildman–Crippen LogP) is 4.96. The Morgan fingerprint density at radius 1 is 1.10 bits per heavy atom. The van der Waals surface area contributed by atoms with Gasteiger partial charge in [0.1, 0.15) is 5.00 Å². The number of benzene rings is 2. The lowest BCUT2D eigenvalue weighted by Gasteiger charge is -2.27. The predicted molar refractivity (Wildman–Crippen MR) is 124 cm³/mol. The molecule has 1 aromatic heterocycles. The molecule has 4 rings (SSSR count). The molecule has 0 bridgehead atoms. The molecule has 1 N–H and O–H groups in total. The van der Waals surface area contributed by atoms with Crippen molar-refractivity contribution in [2.75, 3.05) is 19.0 Å². The van der Waals surface area contributed by atoms with Gasteiger partial charge < -0.3 is 10.1 Å². The highest BCUT2D eigenvalue weighted by Crippen LogP contribution is 2.38. The number of thiophene rings is 1. The molecular formula is C25H26N2O3S. The average Bonchev–Trinajstić information content (AvgIpc) is 3.12. The van der Waals surface area contributed by atoms with Crippen LogP contribution in [0.25, 0.3) is 0 Å². The van der Waals surface area contributed by atoms with Crippen LogP contribution in [0, 0.1) is 13.8 Å². The Hall–Kier alpha value is -2.96. The van der Waals surface area contributed by atoms with Crippen molar-refractivity contribution in [3.63, 3.8) is 0 Å². The summed E-state index contributed by atoms with van der Waals surface area (Å²) in [5.74, 6) is -0.614. The van der Waals surface area contributed by atoms with Gasteiger partial charge in [-0.3, -0.25) is 9.69 Å². The third-order valence-corrected chi connectivity index (χ3v) is 6.90. The molecule has 3 aromatic rings. The number of aryl methyl sites for hydroxylation is 2. The third kappa shape index (κ3) is 4.55. The van der Waals surface area contributed by atoms with Crippen LogP contribution in [0.15, 0.2) is 48.5 Å². The van der Waals surface area contributed by atoms with E-state index in [0.717, 1.165) is 47.6 Å². The van der Waals surface area contributed by atoms with Crippen LogP contribution < -0.4 is 5.32 Å². The second-order valence-corrected chi connectivity index (χ2v) is 9.00. The number of nitrogens with zero attached hydrogens (tertiary/aromatic N) is 1. The summed E-state index contributed by atoms with van der Waals surface area (Å²) in [4.78, 5) is 28.9. The number of hydrogen-bond donors (Lipinski definition) is 1. The summed E-state index contributed by atoms with van der Waals surface area (Å²) >= 11 is 1.48. The monoisotopic (exact) mass is 434 g/mol. The zero-order valence-corrected chi connectivity index (χ0v) is 18.8. The number of methoxy groups -OCH3 is 1. The van der Waals surface area contributed by atoms with Crippen molar-refractivity contribution in [3.05, 3.63) is 86.8 Å². The van der Waals surface area contributed by atoms with Crippen molar-refractivity contribution in [1.29, 1.82) is 0 Å². The summed E-state index contributed by atoms with van der Waals surface area (Å²) in [5, 5.41) is 3.54. The van der Waals surface area contributed by atoms with Gasteiger partial charge in [-0.2, -0.15) is 0 Å². The summed E-state index contributed by atoms with van der Waals surface area (Å²) in [6.07, 6.45) is 0.753. The second kappa shape index (κ2) is 9.04. The first-order valence-electron chi connectivity index (χ1n) is 10.3. The first-order valence-corrected chi connectivity index (χ1v) is 11.2. The number of amides is 1. The first-order chi connectivity index (χ1) is 15.0. The van der Waals surface area contributed by atoms with E-state index in [0.29, 0.717) is 16.1 Å². The highest BCUT2D eigenvalue weighted by molar-refractivity contribution is 7.17. The van der Waals surface area contributed by atoms with Gasteiger partial charge >= 0.3 is 5.97 Å². The van der Waals surface area contributed by atoms with E-state index in [1.807, 2.05) is 50.2 Å². The van der Waals surface area contributed by atoms with Crippen molar-refractivity contribution in [3.8, 4) is 0 Å². The van der Waals surface area contributed by atoms with E-state index in [1.165, 1.54) is 24.0 Å². The van der Waals surface area contributed by atoms with Crippen molar-refractivity contribution < 1.29 is 14.3 Å². The van der Waals surface area contributed by atoms with E-state index < -0.39 is 5.97 Å². The summed E-state index contributed by atoms with van der Waals surface area (Å²) in [5.41, 5.74) is 5.53. The summed E-state index contributed by atoms with van der Waals surface area (Å²) < 4.78 is 5.05. The average molecular weight is 435 g/mol. The van der Waals surface area contributed by atoms with Crippen molar-refractivity contribution >= 4 is 28.2 Å². The molecule has 0 atom stereocenters. The molecule has 1 aliphatic heterocycles. The number of fused-ring (bicyclic) bond motifs is 1. The number of carbonyl (C=O) groups excluding carboxylic acids is 2. The third-order valence-electron chi connectivity index (χ3n) is 5.77. The Bertz CT molecular complexity index is 1120. The maximum absolute atomic E-state index is 12.9. The largest absolute Gasteiger partial charge is 0.465 e. The number of ether oxygens (including phenoxy) is 1. The van der Waals surface area contributed by atoms with Gasteiger partial charge in [-0.25, -0.2) is 4.79 Å². The number of rotatable bonds is 5.